The van der Waals surface area contributed by atoms with Crippen molar-refractivity contribution in [1.82, 2.24) is 0 Å². The summed E-state index contributed by atoms with van der Waals surface area (Å²) >= 11 is 1.58. The van der Waals surface area contributed by atoms with Crippen LogP contribution in [0.15, 0.2) is 0 Å². The molecule has 0 fully saturated rings. The number of hydrogen-bond donors (Lipinski definition) is 0. The highest BCUT2D eigenvalue weighted by Crippen LogP contribution is 2.42. The summed E-state index contributed by atoms with van der Waals surface area (Å²) in [5.41, 5.74) is 0. The average molecular weight is 309 g/mol. The van der Waals surface area contributed by atoms with E-state index in [1.165, 1.54) is 0 Å². The lowest BCUT2D eigenvalue weighted by atomic mass is 10.2. The number of unbranched alkanes of at least 4 members (excludes halogenated alkanes) is 1. The minimum atomic E-state index is -4.30. The maximum Gasteiger partial charge on any atom is 0.363 e. The van der Waals surface area contributed by atoms with Crippen molar-refractivity contribution in [2.45, 2.75) is 43.4 Å². The van der Waals surface area contributed by atoms with E-state index in [1.54, 1.807) is 15.9 Å². The van der Waals surface area contributed by atoms with Crippen molar-refractivity contribution in [3.05, 3.63) is 0 Å². The monoisotopic (exact) mass is 308 g/mol. The van der Waals surface area contributed by atoms with Gasteiger partial charge in [0.25, 0.3) is 0 Å². The van der Waals surface area contributed by atoms with Gasteiger partial charge < -0.3 is 4.74 Å². The van der Waals surface area contributed by atoms with E-state index in [2.05, 4.69) is 4.74 Å². The Bertz CT molecular complexity index is 228. The van der Waals surface area contributed by atoms with Gasteiger partial charge in [-0.05, 0) is 22.4 Å². The van der Waals surface area contributed by atoms with E-state index in [0.717, 1.165) is 6.42 Å². The van der Waals surface area contributed by atoms with Gasteiger partial charge in [0.15, 0.2) is 0 Å². The highest BCUT2D eigenvalue weighted by molar-refractivity contribution is 9.10. The van der Waals surface area contributed by atoms with Crippen LogP contribution in [0.2, 0.25) is 0 Å². The van der Waals surface area contributed by atoms with Crippen molar-refractivity contribution in [3.63, 3.8) is 0 Å². The zero-order chi connectivity index (χ0) is 12.8. The van der Waals surface area contributed by atoms with E-state index >= 15 is 0 Å². The van der Waals surface area contributed by atoms with Crippen molar-refractivity contribution >= 4 is 21.9 Å². The molecule has 0 amide bonds. The van der Waals surface area contributed by atoms with Crippen LogP contribution in [0.4, 0.5) is 17.6 Å². The minimum absolute atomic E-state index is 0.131. The summed E-state index contributed by atoms with van der Waals surface area (Å²) in [4.78, 5) is 6.57. The molecule has 2 nitrogen and oxygen atoms in total. The van der Waals surface area contributed by atoms with E-state index in [4.69, 9.17) is 0 Å². The Labute approximate surface area is 99.5 Å². The standard InChI is InChI=1S/C9H13BrF4O2/c1-2-3-6-16-7(15)4-5-8(11,12)9(10,13)14/h2-6H2,1H3. The molecule has 96 valence electrons. The molecule has 0 bridgehead atoms. The molecule has 0 saturated carbocycles. The fraction of sp³-hybridized carbons (Fsp3) is 0.889. The smallest absolute Gasteiger partial charge is 0.363 e. The number of rotatable bonds is 7. The minimum Gasteiger partial charge on any atom is -0.466 e. The number of alkyl halides is 5. The summed E-state index contributed by atoms with van der Waals surface area (Å²) in [6, 6.07) is 0. The largest absolute Gasteiger partial charge is 0.466 e. The lowest BCUT2D eigenvalue weighted by Gasteiger charge is -2.20. The Morgan fingerprint density at radius 1 is 1.31 bits per heavy atom. The van der Waals surface area contributed by atoms with Crippen LogP contribution in [0.25, 0.3) is 0 Å². The summed E-state index contributed by atoms with van der Waals surface area (Å²) in [5.74, 6) is -5.14. The number of halogens is 5. The van der Waals surface area contributed by atoms with Crippen LogP contribution in [0.3, 0.4) is 0 Å². The fourth-order valence-corrected chi connectivity index (χ4v) is 1.00. The average Bonchev–Trinajstić information content (AvgIpc) is 2.13. The van der Waals surface area contributed by atoms with Gasteiger partial charge in [0.1, 0.15) is 0 Å². The van der Waals surface area contributed by atoms with Gasteiger partial charge in [-0.25, -0.2) is 0 Å². The summed E-state index contributed by atoms with van der Waals surface area (Å²) in [6.07, 6.45) is -0.548. The molecule has 0 saturated heterocycles. The van der Waals surface area contributed by atoms with Crippen LogP contribution in [-0.2, 0) is 9.53 Å². The van der Waals surface area contributed by atoms with Gasteiger partial charge in [-0.1, -0.05) is 13.3 Å². The van der Waals surface area contributed by atoms with Crippen LogP contribution in [0.5, 0.6) is 0 Å². The van der Waals surface area contributed by atoms with Crippen LogP contribution in [-0.4, -0.2) is 23.3 Å². The van der Waals surface area contributed by atoms with Crippen molar-refractivity contribution in [2.75, 3.05) is 6.61 Å². The third-order valence-electron chi connectivity index (χ3n) is 1.82. The van der Waals surface area contributed by atoms with Gasteiger partial charge >= 0.3 is 16.7 Å². The summed E-state index contributed by atoms with van der Waals surface area (Å²) in [5, 5.41) is 0. The Kier molecular flexibility index (Phi) is 6.28. The van der Waals surface area contributed by atoms with Crippen molar-refractivity contribution in [3.8, 4) is 0 Å². The van der Waals surface area contributed by atoms with Crippen molar-refractivity contribution in [1.29, 1.82) is 0 Å². The van der Waals surface area contributed by atoms with Gasteiger partial charge in [0.2, 0.25) is 0 Å². The third-order valence-corrected chi connectivity index (χ3v) is 2.40. The lowest BCUT2D eigenvalue weighted by Crippen LogP contribution is -2.35. The molecule has 0 spiro atoms. The maximum atomic E-state index is 12.7. The number of esters is 1. The van der Waals surface area contributed by atoms with Crippen LogP contribution in [0, 0.1) is 0 Å². The first kappa shape index (κ1) is 15.7. The van der Waals surface area contributed by atoms with E-state index < -0.39 is 29.6 Å². The van der Waals surface area contributed by atoms with Crippen LogP contribution >= 0.6 is 15.9 Å². The number of carbonyl (C=O) groups is 1. The first-order valence-corrected chi connectivity index (χ1v) is 5.60. The Morgan fingerprint density at radius 2 is 1.88 bits per heavy atom. The molecule has 0 radical (unpaired) electrons. The summed E-state index contributed by atoms with van der Waals surface area (Å²) < 4.78 is 54.5. The predicted molar refractivity (Wildman–Crippen MR) is 53.9 cm³/mol. The van der Waals surface area contributed by atoms with Crippen LogP contribution < -0.4 is 0 Å². The van der Waals surface area contributed by atoms with Gasteiger partial charge in [0.05, 0.1) is 13.0 Å². The van der Waals surface area contributed by atoms with Crippen molar-refractivity contribution < 1.29 is 27.1 Å². The zero-order valence-electron chi connectivity index (χ0n) is 8.74. The molecule has 0 rings (SSSR count). The van der Waals surface area contributed by atoms with E-state index in [9.17, 15) is 22.4 Å². The lowest BCUT2D eigenvalue weighted by molar-refractivity contribution is -0.162. The highest BCUT2D eigenvalue weighted by Gasteiger charge is 2.53. The Balaban J connectivity index is 3.92. The van der Waals surface area contributed by atoms with E-state index in [1.807, 2.05) is 6.92 Å². The second kappa shape index (κ2) is 6.42. The molecule has 0 aromatic rings. The summed E-state index contributed by atoms with van der Waals surface area (Å²) in [6.45, 7) is 2.00. The van der Waals surface area contributed by atoms with Crippen LogP contribution in [0.1, 0.15) is 32.6 Å². The van der Waals surface area contributed by atoms with Crippen molar-refractivity contribution in [2.24, 2.45) is 0 Å². The molecule has 0 N–H and O–H groups in total. The Hall–Kier alpha value is -0.330. The number of carbonyl (C=O) groups excluding carboxylic acids is 1. The zero-order valence-corrected chi connectivity index (χ0v) is 10.3. The molecule has 0 aromatic heterocycles. The molecular weight excluding hydrogens is 296 g/mol. The molecule has 0 aliphatic carbocycles. The maximum absolute atomic E-state index is 12.7. The molecule has 0 aliphatic rings. The Morgan fingerprint density at radius 3 is 2.31 bits per heavy atom. The molecule has 0 unspecified atom stereocenters. The second-order valence-electron chi connectivity index (χ2n) is 3.28. The van der Waals surface area contributed by atoms with Gasteiger partial charge in [-0.15, -0.1) is 0 Å². The van der Waals surface area contributed by atoms with Gasteiger partial charge in [-0.3, -0.25) is 4.79 Å². The quantitative estimate of drug-likeness (QED) is 0.310. The first-order chi connectivity index (χ1) is 7.20. The third kappa shape index (κ3) is 5.67. The molecule has 0 heterocycles. The summed E-state index contributed by atoms with van der Waals surface area (Å²) in [7, 11) is 0. The van der Waals surface area contributed by atoms with Gasteiger partial charge in [-0.2, -0.15) is 17.6 Å². The predicted octanol–water partition coefficient (Wildman–Crippen LogP) is 3.73. The number of ether oxygens (including phenoxy) is 1. The topological polar surface area (TPSA) is 26.3 Å². The number of hydrogen-bond acceptors (Lipinski definition) is 2. The SMILES string of the molecule is CCCCOC(=O)CCC(F)(F)C(F)(F)Br. The van der Waals surface area contributed by atoms with E-state index in [-0.39, 0.29) is 6.61 Å². The molecule has 0 aliphatic heterocycles. The molecule has 16 heavy (non-hydrogen) atoms. The first-order valence-electron chi connectivity index (χ1n) is 4.81. The molecule has 0 aromatic carbocycles. The van der Waals surface area contributed by atoms with Gasteiger partial charge in [0, 0.05) is 6.42 Å². The molecule has 7 heteroatoms. The molecule has 0 atom stereocenters. The van der Waals surface area contributed by atoms with E-state index in [0.29, 0.717) is 6.42 Å². The fourth-order valence-electron chi connectivity index (χ4n) is 0.803. The second-order valence-corrected chi connectivity index (χ2v) is 4.27. The molecular formula is C9H13BrF4O2. The normalized spacial score (nSPS) is 12.6. The highest BCUT2D eigenvalue weighted by atomic mass is 79.9.